The Balaban J connectivity index is 1.09. The average molecular weight is 501 g/mol. The van der Waals surface area contributed by atoms with Gasteiger partial charge in [0.25, 0.3) is 0 Å². The SMILES string of the molecule is C[C@@H]1OCC2(CCN(c3cnc4c(n3)CN=C4N3CCCc4nc(C5=CCNCC5)ccc43)CC2)[C@@H]1N. The van der Waals surface area contributed by atoms with E-state index in [2.05, 4.69) is 40.2 Å². The zero-order valence-corrected chi connectivity index (χ0v) is 21.6. The lowest BCUT2D eigenvalue weighted by molar-refractivity contribution is 0.0974. The van der Waals surface area contributed by atoms with E-state index in [-0.39, 0.29) is 17.6 Å². The third kappa shape index (κ3) is 3.95. The van der Waals surface area contributed by atoms with Crippen LogP contribution in [0.4, 0.5) is 11.5 Å². The minimum Gasteiger partial charge on any atom is -0.376 e. The molecule has 194 valence electrons. The summed E-state index contributed by atoms with van der Waals surface area (Å²) in [6.07, 6.45) is 9.50. The molecule has 0 aliphatic carbocycles. The zero-order chi connectivity index (χ0) is 25.0. The first-order valence-corrected chi connectivity index (χ1v) is 13.8. The number of fused-ring (bicyclic) bond motifs is 2. The Hall–Kier alpha value is -2.88. The lowest BCUT2D eigenvalue weighted by Gasteiger charge is -2.41. The highest BCUT2D eigenvalue weighted by atomic mass is 16.5. The van der Waals surface area contributed by atoms with Gasteiger partial charge in [0, 0.05) is 37.6 Å². The van der Waals surface area contributed by atoms with Gasteiger partial charge in [0.1, 0.15) is 11.5 Å². The molecule has 0 bridgehead atoms. The summed E-state index contributed by atoms with van der Waals surface area (Å²) in [5.74, 6) is 1.89. The third-order valence-corrected chi connectivity index (χ3v) is 9.04. The van der Waals surface area contributed by atoms with E-state index in [1.54, 1.807) is 0 Å². The molecule has 7 rings (SSSR count). The predicted molar refractivity (Wildman–Crippen MR) is 145 cm³/mol. The number of nitrogens with zero attached hydrogens (tertiary/aromatic N) is 6. The highest BCUT2D eigenvalue weighted by Gasteiger charge is 2.47. The van der Waals surface area contributed by atoms with Crippen LogP contribution in [-0.2, 0) is 17.7 Å². The van der Waals surface area contributed by atoms with E-state index in [0.717, 1.165) is 112 Å². The largest absolute Gasteiger partial charge is 0.376 e. The summed E-state index contributed by atoms with van der Waals surface area (Å²) in [5.41, 5.74) is 13.3. The summed E-state index contributed by atoms with van der Waals surface area (Å²) in [6, 6.07) is 4.51. The van der Waals surface area contributed by atoms with Crippen LogP contribution in [0.3, 0.4) is 0 Å². The van der Waals surface area contributed by atoms with E-state index in [4.69, 9.17) is 30.4 Å². The monoisotopic (exact) mass is 500 g/mol. The maximum atomic E-state index is 6.51. The number of pyridine rings is 1. The summed E-state index contributed by atoms with van der Waals surface area (Å²) in [4.78, 5) is 24.6. The fourth-order valence-electron chi connectivity index (χ4n) is 6.66. The van der Waals surface area contributed by atoms with E-state index in [1.807, 2.05) is 6.20 Å². The van der Waals surface area contributed by atoms with Crippen molar-refractivity contribution >= 4 is 22.9 Å². The molecular weight excluding hydrogens is 464 g/mol. The van der Waals surface area contributed by atoms with Gasteiger partial charge >= 0.3 is 0 Å². The van der Waals surface area contributed by atoms with Gasteiger partial charge < -0.3 is 25.6 Å². The topological polar surface area (TPSA) is 105 Å². The smallest absolute Gasteiger partial charge is 0.156 e. The minimum absolute atomic E-state index is 0.107. The average Bonchev–Trinajstić information content (AvgIpc) is 3.50. The number of nitrogens with one attached hydrogen (secondary N) is 1. The van der Waals surface area contributed by atoms with Crippen molar-refractivity contribution in [2.45, 2.75) is 57.7 Å². The molecule has 0 amide bonds. The Morgan fingerprint density at radius 1 is 1.11 bits per heavy atom. The summed E-state index contributed by atoms with van der Waals surface area (Å²) >= 11 is 0. The molecule has 2 saturated heterocycles. The molecule has 0 radical (unpaired) electrons. The van der Waals surface area contributed by atoms with Crippen LogP contribution in [0.15, 0.2) is 29.4 Å². The van der Waals surface area contributed by atoms with Crippen LogP contribution in [-0.4, -0.2) is 72.3 Å². The number of aromatic nitrogens is 3. The molecule has 1 spiro atoms. The summed E-state index contributed by atoms with van der Waals surface area (Å²) in [7, 11) is 0. The Kier molecular flexibility index (Phi) is 5.75. The van der Waals surface area contributed by atoms with Gasteiger partial charge in [0.05, 0.1) is 48.2 Å². The lowest BCUT2D eigenvalue weighted by Crippen LogP contribution is -2.50. The number of amidine groups is 1. The number of ether oxygens (including phenoxy) is 1. The molecule has 37 heavy (non-hydrogen) atoms. The molecule has 2 fully saturated rings. The molecule has 5 aliphatic heterocycles. The third-order valence-electron chi connectivity index (χ3n) is 9.04. The second kappa shape index (κ2) is 9.15. The van der Waals surface area contributed by atoms with E-state index in [1.165, 1.54) is 5.57 Å². The summed E-state index contributed by atoms with van der Waals surface area (Å²) < 4.78 is 5.89. The summed E-state index contributed by atoms with van der Waals surface area (Å²) in [5, 5.41) is 3.39. The number of piperidine rings is 1. The van der Waals surface area contributed by atoms with Gasteiger partial charge in [0.2, 0.25) is 0 Å². The fraction of sp³-hybridized carbons (Fsp3) is 0.571. The van der Waals surface area contributed by atoms with Gasteiger partial charge in [0.15, 0.2) is 5.84 Å². The molecule has 0 aromatic carbocycles. The van der Waals surface area contributed by atoms with Gasteiger partial charge in [-0.15, -0.1) is 0 Å². The van der Waals surface area contributed by atoms with Crippen LogP contribution >= 0.6 is 0 Å². The standard InChI is InChI=1S/C28H36N8O/c1-18-26(29)28(17-37-18)8-13-35(14-9-28)24-16-31-25-22(34-24)15-32-27(25)36-12-2-3-21-23(36)5-4-20(33-21)19-6-10-30-11-7-19/h4-6,16,18,26,30H,2-3,7-15,17,29H2,1H3/t18-,26+/m0/s1. The van der Waals surface area contributed by atoms with Crippen molar-refractivity contribution in [3.8, 4) is 0 Å². The van der Waals surface area contributed by atoms with Crippen molar-refractivity contribution in [3.63, 3.8) is 0 Å². The van der Waals surface area contributed by atoms with Crippen LogP contribution in [0.5, 0.6) is 0 Å². The number of aliphatic imine (C=N–C) groups is 1. The molecule has 0 saturated carbocycles. The molecule has 2 aromatic heterocycles. The molecule has 7 heterocycles. The van der Waals surface area contributed by atoms with Crippen LogP contribution in [0.1, 0.15) is 55.4 Å². The molecule has 3 N–H and O–H groups in total. The van der Waals surface area contributed by atoms with Crippen molar-refractivity contribution in [1.29, 1.82) is 0 Å². The lowest BCUT2D eigenvalue weighted by atomic mass is 9.73. The number of nitrogens with two attached hydrogens (primary N) is 1. The van der Waals surface area contributed by atoms with Crippen LogP contribution in [0.25, 0.3) is 5.57 Å². The number of hydrogen-bond donors (Lipinski definition) is 2. The van der Waals surface area contributed by atoms with Crippen molar-refractivity contribution in [1.82, 2.24) is 20.3 Å². The Bertz CT molecular complexity index is 1260. The van der Waals surface area contributed by atoms with Crippen LogP contribution in [0.2, 0.25) is 0 Å². The van der Waals surface area contributed by atoms with Gasteiger partial charge in [-0.25, -0.2) is 9.97 Å². The molecule has 9 nitrogen and oxygen atoms in total. The fourth-order valence-corrected chi connectivity index (χ4v) is 6.66. The van der Waals surface area contributed by atoms with Gasteiger partial charge in [-0.3, -0.25) is 9.98 Å². The van der Waals surface area contributed by atoms with Gasteiger partial charge in [-0.2, -0.15) is 0 Å². The zero-order valence-electron chi connectivity index (χ0n) is 21.6. The maximum absolute atomic E-state index is 6.51. The van der Waals surface area contributed by atoms with E-state index >= 15 is 0 Å². The Labute approximate surface area is 218 Å². The Morgan fingerprint density at radius 3 is 2.78 bits per heavy atom. The first kappa shape index (κ1) is 23.3. The number of hydrogen-bond acceptors (Lipinski definition) is 9. The quantitative estimate of drug-likeness (QED) is 0.647. The molecule has 2 aromatic rings. The summed E-state index contributed by atoms with van der Waals surface area (Å²) in [6.45, 7) is 8.19. The van der Waals surface area contributed by atoms with Gasteiger partial charge in [-0.1, -0.05) is 6.08 Å². The van der Waals surface area contributed by atoms with Crippen LogP contribution < -0.4 is 20.9 Å². The van der Waals surface area contributed by atoms with E-state index in [9.17, 15) is 0 Å². The molecule has 9 heteroatoms. The second-order valence-corrected chi connectivity index (χ2v) is 11.2. The highest BCUT2D eigenvalue weighted by Crippen LogP contribution is 2.42. The first-order valence-electron chi connectivity index (χ1n) is 13.8. The van der Waals surface area contributed by atoms with Crippen LogP contribution in [0, 0.1) is 5.41 Å². The van der Waals surface area contributed by atoms with Gasteiger partial charge in [-0.05, 0) is 63.3 Å². The number of aryl methyl sites for hydroxylation is 1. The molecule has 5 aliphatic rings. The molecular formula is C28H36N8O. The maximum Gasteiger partial charge on any atom is 0.156 e. The van der Waals surface area contributed by atoms with E-state index in [0.29, 0.717) is 6.54 Å². The minimum atomic E-state index is 0.107. The highest BCUT2D eigenvalue weighted by molar-refractivity contribution is 6.11. The molecule has 2 atom stereocenters. The van der Waals surface area contributed by atoms with E-state index < -0.39 is 0 Å². The van der Waals surface area contributed by atoms with Crippen molar-refractivity contribution in [2.75, 3.05) is 49.1 Å². The van der Waals surface area contributed by atoms with Crippen molar-refractivity contribution in [3.05, 3.63) is 47.2 Å². The second-order valence-electron chi connectivity index (χ2n) is 11.2. The Morgan fingerprint density at radius 2 is 2.00 bits per heavy atom. The first-order chi connectivity index (χ1) is 18.1. The molecule has 0 unspecified atom stereocenters. The predicted octanol–water partition coefficient (Wildman–Crippen LogP) is 2.29. The normalized spacial score (nSPS) is 26.6. The number of rotatable bonds is 2. The number of anilines is 2. The van der Waals surface area contributed by atoms with Crippen molar-refractivity contribution in [2.24, 2.45) is 16.1 Å². The van der Waals surface area contributed by atoms with Crippen molar-refractivity contribution < 1.29 is 4.74 Å².